The Kier molecular flexibility index (Phi) is 5.98. The standard InChI is InChI=1S/C13H23N3O6/c1-13(2,3)22-11(18)15-8-5-9(10(17)14-7-21-4)16(6-8)12(19)20/h8-9H,5-7H2,1-4H3,(H,14,17)(H,15,18)(H,19,20)/t8-,9+/m1/s1. The van der Waals surface area contributed by atoms with Crippen LogP contribution in [-0.4, -0.2) is 66.2 Å². The first-order valence-electron chi connectivity index (χ1n) is 6.89. The van der Waals surface area contributed by atoms with E-state index in [1.165, 1.54) is 7.11 Å². The first-order valence-corrected chi connectivity index (χ1v) is 6.89. The Balaban J connectivity index is 2.64. The van der Waals surface area contributed by atoms with Gasteiger partial charge in [0.1, 0.15) is 18.4 Å². The number of likely N-dealkylation sites (tertiary alicyclic amines) is 1. The van der Waals surface area contributed by atoms with Crippen molar-refractivity contribution in [1.29, 1.82) is 0 Å². The molecule has 1 heterocycles. The summed E-state index contributed by atoms with van der Waals surface area (Å²) in [5.41, 5.74) is -0.648. The van der Waals surface area contributed by atoms with E-state index in [2.05, 4.69) is 10.6 Å². The molecule has 1 fully saturated rings. The Morgan fingerprint density at radius 2 is 1.95 bits per heavy atom. The van der Waals surface area contributed by atoms with Gasteiger partial charge in [0, 0.05) is 13.7 Å². The van der Waals surface area contributed by atoms with Crippen LogP contribution >= 0.6 is 0 Å². The molecule has 0 aromatic rings. The molecular formula is C13H23N3O6. The summed E-state index contributed by atoms with van der Waals surface area (Å²) in [7, 11) is 1.41. The van der Waals surface area contributed by atoms with Gasteiger partial charge in [-0.05, 0) is 27.2 Å². The Morgan fingerprint density at radius 1 is 1.32 bits per heavy atom. The monoisotopic (exact) mass is 317 g/mol. The fourth-order valence-corrected chi connectivity index (χ4v) is 2.14. The number of methoxy groups -OCH3 is 1. The lowest BCUT2D eigenvalue weighted by molar-refractivity contribution is -0.126. The maximum absolute atomic E-state index is 11.9. The van der Waals surface area contributed by atoms with Gasteiger partial charge in [-0.3, -0.25) is 9.69 Å². The molecule has 1 aliphatic rings. The number of carbonyl (C=O) groups excluding carboxylic acids is 2. The van der Waals surface area contributed by atoms with Crippen LogP contribution in [0.1, 0.15) is 27.2 Å². The van der Waals surface area contributed by atoms with Crippen LogP contribution in [0.3, 0.4) is 0 Å². The molecular weight excluding hydrogens is 294 g/mol. The summed E-state index contributed by atoms with van der Waals surface area (Å²) >= 11 is 0. The zero-order chi connectivity index (χ0) is 16.9. The van der Waals surface area contributed by atoms with Crippen molar-refractivity contribution in [2.75, 3.05) is 20.4 Å². The number of alkyl carbamates (subject to hydrolysis) is 1. The molecule has 0 saturated carbocycles. The van der Waals surface area contributed by atoms with Crippen molar-refractivity contribution in [3.8, 4) is 0 Å². The minimum absolute atomic E-state index is 0.00699. The molecule has 0 unspecified atom stereocenters. The van der Waals surface area contributed by atoms with Crippen LogP contribution in [0.25, 0.3) is 0 Å². The number of hydrogen-bond acceptors (Lipinski definition) is 5. The number of nitrogens with zero attached hydrogens (tertiary/aromatic N) is 1. The summed E-state index contributed by atoms with van der Waals surface area (Å²) in [6, 6.07) is -1.35. The number of amides is 3. The van der Waals surface area contributed by atoms with E-state index in [-0.39, 0.29) is 19.7 Å². The third kappa shape index (κ3) is 5.40. The molecule has 1 saturated heterocycles. The van der Waals surface area contributed by atoms with Gasteiger partial charge in [0.25, 0.3) is 0 Å². The van der Waals surface area contributed by atoms with Crippen LogP contribution in [0.2, 0.25) is 0 Å². The highest BCUT2D eigenvalue weighted by atomic mass is 16.6. The zero-order valence-electron chi connectivity index (χ0n) is 13.2. The van der Waals surface area contributed by atoms with Gasteiger partial charge in [0.15, 0.2) is 0 Å². The van der Waals surface area contributed by atoms with Crippen LogP contribution < -0.4 is 10.6 Å². The van der Waals surface area contributed by atoms with Crippen molar-refractivity contribution < 1.29 is 29.0 Å². The lowest BCUT2D eigenvalue weighted by Gasteiger charge is -2.21. The van der Waals surface area contributed by atoms with E-state index in [0.717, 1.165) is 4.90 Å². The second-order valence-corrected chi connectivity index (χ2v) is 6.00. The van der Waals surface area contributed by atoms with E-state index < -0.39 is 35.8 Å². The van der Waals surface area contributed by atoms with Crippen molar-refractivity contribution in [2.45, 2.75) is 44.9 Å². The quantitative estimate of drug-likeness (QED) is 0.644. The highest BCUT2D eigenvalue weighted by Gasteiger charge is 2.40. The van der Waals surface area contributed by atoms with E-state index in [1.807, 2.05) is 0 Å². The average Bonchev–Trinajstić information content (AvgIpc) is 2.77. The van der Waals surface area contributed by atoms with Gasteiger partial charge in [-0.2, -0.15) is 0 Å². The van der Waals surface area contributed by atoms with Crippen molar-refractivity contribution >= 4 is 18.1 Å². The van der Waals surface area contributed by atoms with Crippen molar-refractivity contribution in [3.05, 3.63) is 0 Å². The third-order valence-electron chi connectivity index (χ3n) is 2.96. The molecule has 2 atom stereocenters. The first-order chi connectivity index (χ1) is 10.1. The van der Waals surface area contributed by atoms with E-state index in [0.29, 0.717) is 0 Å². The molecule has 3 amide bonds. The van der Waals surface area contributed by atoms with E-state index >= 15 is 0 Å². The molecule has 0 spiro atoms. The van der Waals surface area contributed by atoms with Gasteiger partial charge in [-0.15, -0.1) is 0 Å². The van der Waals surface area contributed by atoms with E-state index in [9.17, 15) is 14.4 Å². The van der Waals surface area contributed by atoms with Gasteiger partial charge < -0.3 is 25.2 Å². The highest BCUT2D eigenvalue weighted by molar-refractivity contribution is 5.86. The molecule has 9 heteroatoms. The number of carbonyl (C=O) groups is 3. The number of rotatable bonds is 4. The molecule has 1 aliphatic heterocycles. The van der Waals surface area contributed by atoms with E-state index in [1.54, 1.807) is 20.8 Å². The number of hydrogen-bond donors (Lipinski definition) is 3. The minimum Gasteiger partial charge on any atom is -0.465 e. The first kappa shape index (κ1) is 18.0. The lowest BCUT2D eigenvalue weighted by Crippen LogP contribution is -2.45. The number of ether oxygens (including phenoxy) is 2. The molecule has 0 aromatic carbocycles. The molecule has 9 nitrogen and oxygen atoms in total. The molecule has 0 bridgehead atoms. The second-order valence-electron chi connectivity index (χ2n) is 6.00. The average molecular weight is 317 g/mol. The fraction of sp³-hybridized carbons (Fsp3) is 0.769. The summed E-state index contributed by atoms with van der Waals surface area (Å²) in [6.07, 6.45) is -1.67. The summed E-state index contributed by atoms with van der Waals surface area (Å²) < 4.78 is 9.85. The minimum atomic E-state index is -1.22. The number of nitrogens with one attached hydrogen (secondary N) is 2. The fourth-order valence-electron chi connectivity index (χ4n) is 2.14. The van der Waals surface area contributed by atoms with Crippen LogP contribution in [0.15, 0.2) is 0 Å². The van der Waals surface area contributed by atoms with Gasteiger partial charge in [-0.25, -0.2) is 9.59 Å². The zero-order valence-corrected chi connectivity index (χ0v) is 13.2. The van der Waals surface area contributed by atoms with Crippen molar-refractivity contribution in [1.82, 2.24) is 15.5 Å². The third-order valence-corrected chi connectivity index (χ3v) is 2.96. The van der Waals surface area contributed by atoms with Crippen molar-refractivity contribution in [3.63, 3.8) is 0 Å². The van der Waals surface area contributed by atoms with Crippen LogP contribution in [0, 0.1) is 0 Å². The molecule has 0 radical (unpaired) electrons. The predicted octanol–water partition coefficient (Wildman–Crippen LogP) is 0.352. The van der Waals surface area contributed by atoms with Crippen molar-refractivity contribution in [2.24, 2.45) is 0 Å². The van der Waals surface area contributed by atoms with Crippen LogP contribution in [-0.2, 0) is 14.3 Å². The Labute approximate surface area is 128 Å². The molecule has 22 heavy (non-hydrogen) atoms. The highest BCUT2D eigenvalue weighted by Crippen LogP contribution is 2.19. The molecule has 1 rings (SSSR count). The van der Waals surface area contributed by atoms with Crippen LogP contribution in [0.5, 0.6) is 0 Å². The molecule has 126 valence electrons. The van der Waals surface area contributed by atoms with E-state index in [4.69, 9.17) is 14.6 Å². The SMILES string of the molecule is COCNC(=O)[C@@H]1C[C@@H](NC(=O)OC(C)(C)C)CN1C(=O)O. The Morgan fingerprint density at radius 3 is 2.45 bits per heavy atom. The topological polar surface area (TPSA) is 117 Å². The summed E-state index contributed by atoms with van der Waals surface area (Å²) in [5, 5.41) is 14.2. The second kappa shape index (κ2) is 7.30. The Hall–Kier alpha value is -2.03. The number of carboxylic acid groups (broad SMARTS) is 1. The van der Waals surface area contributed by atoms with Gasteiger partial charge in [0.05, 0.1) is 6.04 Å². The summed E-state index contributed by atoms with van der Waals surface area (Å²) in [6.45, 7) is 5.20. The molecule has 0 aliphatic carbocycles. The molecule has 0 aromatic heterocycles. The van der Waals surface area contributed by atoms with Crippen LogP contribution in [0.4, 0.5) is 9.59 Å². The largest absolute Gasteiger partial charge is 0.465 e. The molecule has 3 N–H and O–H groups in total. The van der Waals surface area contributed by atoms with Gasteiger partial charge in [-0.1, -0.05) is 0 Å². The predicted molar refractivity (Wildman–Crippen MR) is 76.3 cm³/mol. The Bertz CT molecular complexity index is 434. The smallest absolute Gasteiger partial charge is 0.408 e. The summed E-state index contributed by atoms with van der Waals surface area (Å²) in [4.78, 5) is 35.9. The van der Waals surface area contributed by atoms with Gasteiger partial charge in [0.2, 0.25) is 5.91 Å². The lowest BCUT2D eigenvalue weighted by atomic mass is 10.1. The maximum atomic E-state index is 11.9. The maximum Gasteiger partial charge on any atom is 0.408 e. The van der Waals surface area contributed by atoms with Gasteiger partial charge >= 0.3 is 12.2 Å². The summed E-state index contributed by atoms with van der Waals surface area (Å²) in [5.74, 6) is -0.460. The normalized spacial score (nSPS) is 21.4.